The highest BCUT2D eigenvalue weighted by Crippen LogP contribution is 2.43. The van der Waals surface area contributed by atoms with E-state index in [1.807, 2.05) is 71.0 Å². The molecule has 0 N–H and O–H groups in total. The van der Waals surface area contributed by atoms with Gasteiger partial charge < -0.3 is 9.15 Å². The zero-order valence-corrected chi connectivity index (χ0v) is 20.0. The molecule has 0 aliphatic carbocycles. The molecule has 4 aromatic rings. The summed E-state index contributed by atoms with van der Waals surface area (Å²) in [5, 5.41) is 1.02. The van der Waals surface area contributed by atoms with Gasteiger partial charge in [0, 0.05) is 4.88 Å². The van der Waals surface area contributed by atoms with Crippen LogP contribution in [0.25, 0.3) is 11.0 Å². The number of hydrogen-bond donors (Lipinski definition) is 0. The first-order valence-electron chi connectivity index (χ1n) is 10.9. The smallest absolute Gasteiger partial charge is 0.297 e. The molecule has 33 heavy (non-hydrogen) atoms. The SMILES string of the molecule is CCOc1cccc(C2c3c(oc4cc(C)c(C)cc4c3=O)C(=O)N2c2nc(C)c(C)s2)c1. The number of ether oxygens (including phenoxy) is 1. The maximum Gasteiger partial charge on any atom is 0.297 e. The van der Waals surface area contributed by atoms with Crippen LogP contribution < -0.4 is 15.1 Å². The van der Waals surface area contributed by atoms with Crippen LogP contribution in [-0.2, 0) is 0 Å². The van der Waals surface area contributed by atoms with Crippen molar-refractivity contribution in [2.75, 3.05) is 11.5 Å². The van der Waals surface area contributed by atoms with Gasteiger partial charge in [-0.05, 0) is 75.6 Å². The van der Waals surface area contributed by atoms with Crippen molar-refractivity contribution in [2.45, 2.75) is 40.7 Å². The minimum atomic E-state index is -0.653. The number of aryl methyl sites for hydroxylation is 4. The number of carbonyl (C=O) groups excluding carboxylic acids is 1. The van der Waals surface area contributed by atoms with E-state index in [4.69, 9.17) is 9.15 Å². The summed E-state index contributed by atoms with van der Waals surface area (Å²) in [4.78, 5) is 34.7. The van der Waals surface area contributed by atoms with E-state index in [2.05, 4.69) is 4.98 Å². The third kappa shape index (κ3) is 3.35. The van der Waals surface area contributed by atoms with Crippen LogP contribution in [0, 0.1) is 27.7 Å². The Morgan fingerprint density at radius 3 is 2.55 bits per heavy atom. The predicted octanol–water partition coefficient (Wildman–Crippen LogP) is 5.63. The lowest BCUT2D eigenvalue weighted by Crippen LogP contribution is -2.29. The lowest BCUT2D eigenvalue weighted by Gasteiger charge is -2.23. The molecule has 7 heteroatoms. The van der Waals surface area contributed by atoms with E-state index in [-0.39, 0.29) is 17.1 Å². The molecule has 1 amide bonds. The number of anilines is 1. The number of thiazole rings is 1. The van der Waals surface area contributed by atoms with E-state index >= 15 is 0 Å². The van der Waals surface area contributed by atoms with Crippen LogP contribution in [-0.4, -0.2) is 17.5 Å². The first kappa shape index (κ1) is 21.4. The summed E-state index contributed by atoms with van der Waals surface area (Å²) in [6.07, 6.45) is 0. The van der Waals surface area contributed by atoms with Gasteiger partial charge in [-0.1, -0.05) is 12.1 Å². The molecule has 0 saturated heterocycles. The second-order valence-corrected chi connectivity index (χ2v) is 9.51. The molecule has 0 radical (unpaired) electrons. The lowest BCUT2D eigenvalue weighted by molar-refractivity contribution is 0.0971. The first-order chi connectivity index (χ1) is 15.8. The molecule has 1 atom stereocenters. The fourth-order valence-electron chi connectivity index (χ4n) is 4.24. The average molecular weight is 461 g/mol. The number of carbonyl (C=O) groups is 1. The van der Waals surface area contributed by atoms with Gasteiger partial charge in [0.1, 0.15) is 11.3 Å². The van der Waals surface area contributed by atoms with Gasteiger partial charge in [0.2, 0.25) is 5.76 Å². The predicted molar refractivity (Wildman–Crippen MR) is 130 cm³/mol. The Bertz CT molecular complexity index is 1460. The molecule has 1 unspecified atom stereocenters. The Morgan fingerprint density at radius 1 is 1.09 bits per heavy atom. The Hall–Kier alpha value is -3.45. The number of fused-ring (bicyclic) bond motifs is 2. The van der Waals surface area contributed by atoms with Crippen molar-refractivity contribution in [3.63, 3.8) is 0 Å². The Morgan fingerprint density at radius 2 is 1.85 bits per heavy atom. The van der Waals surface area contributed by atoms with Crippen LogP contribution in [0.1, 0.15) is 56.3 Å². The van der Waals surface area contributed by atoms with E-state index < -0.39 is 6.04 Å². The van der Waals surface area contributed by atoms with Crippen molar-refractivity contribution in [1.82, 2.24) is 4.98 Å². The molecule has 5 rings (SSSR count). The third-order valence-electron chi connectivity index (χ3n) is 6.19. The topological polar surface area (TPSA) is 72.6 Å². The molecular weight excluding hydrogens is 436 g/mol. The average Bonchev–Trinajstić information content (AvgIpc) is 3.26. The van der Waals surface area contributed by atoms with Gasteiger partial charge >= 0.3 is 0 Å². The highest BCUT2D eigenvalue weighted by atomic mass is 32.1. The van der Waals surface area contributed by atoms with E-state index in [1.54, 1.807) is 4.90 Å². The van der Waals surface area contributed by atoms with E-state index in [1.165, 1.54) is 11.3 Å². The van der Waals surface area contributed by atoms with Gasteiger partial charge in [-0.15, -0.1) is 11.3 Å². The van der Waals surface area contributed by atoms with E-state index in [9.17, 15) is 9.59 Å². The van der Waals surface area contributed by atoms with E-state index in [0.717, 1.165) is 27.3 Å². The summed E-state index contributed by atoms with van der Waals surface area (Å²) in [5.74, 6) is 0.398. The number of benzene rings is 2. The summed E-state index contributed by atoms with van der Waals surface area (Å²) in [5.41, 5.74) is 4.20. The highest BCUT2D eigenvalue weighted by Gasteiger charge is 2.45. The molecule has 2 aromatic heterocycles. The Kier molecular flexibility index (Phi) is 5.09. The third-order valence-corrected chi connectivity index (χ3v) is 7.27. The maximum absolute atomic E-state index is 13.8. The maximum atomic E-state index is 13.8. The van der Waals surface area contributed by atoms with Gasteiger partial charge in [0.05, 0.1) is 29.3 Å². The van der Waals surface area contributed by atoms with E-state index in [0.29, 0.717) is 34.0 Å². The summed E-state index contributed by atoms with van der Waals surface area (Å²) in [6, 6.07) is 10.5. The zero-order valence-electron chi connectivity index (χ0n) is 19.2. The summed E-state index contributed by atoms with van der Waals surface area (Å²) in [6.45, 7) is 10.2. The summed E-state index contributed by atoms with van der Waals surface area (Å²) >= 11 is 1.43. The number of hydrogen-bond acceptors (Lipinski definition) is 6. The quantitative estimate of drug-likeness (QED) is 0.395. The molecule has 0 saturated carbocycles. The highest BCUT2D eigenvalue weighted by molar-refractivity contribution is 7.15. The van der Waals surface area contributed by atoms with Gasteiger partial charge in [-0.25, -0.2) is 4.98 Å². The standard InChI is InChI=1S/C26H24N2O4S/c1-6-31-18-9-7-8-17(12-18)22-21-23(29)19-10-13(2)14(3)11-20(19)32-24(21)25(30)28(22)26-27-15(4)16(5)33-26/h7-12,22H,6H2,1-5H3. The molecule has 168 valence electrons. The largest absolute Gasteiger partial charge is 0.494 e. The van der Waals surface area contributed by atoms with Crippen molar-refractivity contribution in [3.05, 3.63) is 85.2 Å². The molecule has 1 aliphatic rings. The van der Waals surface area contributed by atoms with Crippen LogP contribution in [0.4, 0.5) is 5.13 Å². The monoisotopic (exact) mass is 460 g/mol. The first-order valence-corrected chi connectivity index (χ1v) is 11.7. The summed E-state index contributed by atoms with van der Waals surface area (Å²) < 4.78 is 11.8. The van der Waals surface area contributed by atoms with Crippen LogP contribution in [0.15, 0.2) is 45.6 Å². The minimum Gasteiger partial charge on any atom is -0.494 e. The van der Waals surface area contributed by atoms with Crippen molar-refractivity contribution in [1.29, 1.82) is 0 Å². The summed E-state index contributed by atoms with van der Waals surface area (Å²) in [7, 11) is 0. The fraction of sp³-hybridized carbons (Fsp3) is 0.269. The second-order valence-electron chi connectivity index (χ2n) is 8.33. The molecule has 0 bridgehead atoms. The van der Waals surface area contributed by atoms with Crippen LogP contribution in [0.5, 0.6) is 5.75 Å². The number of amides is 1. The zero-order chi connectivity index (χ0) is 23.4. The molecule has 0 spiro atoms. The molecule has 2 aromatic carbocycles. The second kappa shape index (κ2) is 7.85. The van der Waals surface area contributed by atoms with Crippen LogP contribution in [0.3, 0.4) is 0 Å². The Labute approximate surface area is 195 Å². The van der Waals surface area contributed by atoms with Gasteiger partial charge in [-0.2, -0.15) is 0 Å². The molecule has 6 nitrogen and oxygen atoms in total. The molecule has 0 fully saturated rings. The molecular formula is C26H24N2O4S. The minimum absolute atomic E-state index is 0.0769. The Balaban J connectivity index is 1.81. The number of aromatic nitrogens is 1. The van der Waals surface area contributed by atoms with Crippen molar-refractivity contribution >= 4 is 33.3 Å². The fourth-order valence-corrected chi connectivity index (χ4v) is 5.18. The number of nitrogens with zero attached hydrogens (tertiary/aromatic N) is 2. The number of rotatable bonds is 4. The van der Waals surface area contributed by atoms with Crippen molar-refractivity contribution in [2.24, 2.45) is 0 Å². The molecule has 1 aliphatic heterocycles. The van der Waals surface area contributed by atoms with Gasteiger partial charge in [0.25, 0.3) is 5.91 Å². The lowest BCUT2D eigenvalue weighted by atomic mass is 9.97. The van der Waals surface area contributed by atoms with Crippen molar-refractivity contribution < 1.29 is 13.9 Å². The van der Waals surface area contributed by atoms with Gasteiger partial charge in [-0.3, -0.25) is 14.5 Å². The van der Waals surface area contributed by atoms with Gasteiger partial charge in [0.15, 0.2) is 10.6 Å². The van der Waals surface area contributed by atoms with Crippen LogP contribution >= 0.6 is 11.3 Å². The van der Waals surface area contributed by atoms with Crippen molar-refractivity contribution in [3.8, 4) is 5.75 Å². The van der Waals surface area contributed by atoms with Crippen LogP contribution in [0.2, 0.25) is 0 Å². The molecule has 3 heterocycles. The normalized spacial score (nSPS) is 15.4.